The van der Waals surface area contributed by atoms with Crippen LogP contribution in [0.1, 0.15) is 53.2 Å². The van der Waals surface area contributed by atoms with Gasteiger partial charge >= 0.3 is 178 Å². The molecule has 148 valence electrons. The third-order valence-electron chi connectivity index (χ3n) is 3.74. The minimum atomic E-state index is -1.05. The molecule has 0 saturated heterocycles. The Morgan fingerprint density at radius 3 is 2.19 bits per heavy atom. The summed E-state index contributed by atoms with van der Waals surface area (Å²) >= 11 is 6.57. The Kier molecular flexibility index (Phi) is 7.75. The maximum absolute atomic E-state index is 13.0. The second-order valence-electron chi connectivity index (χ2n) is 8.38. The topological polar surface area (TPSA) is 26.3 Å². The summed E-state index contributed by atoms with van der Waals surface area (Å²) in [6, 6.07) is 16.0. The van der Waals surface area contributed by atoms with Crippen LogP contribution >= 0.6 is 11.6 Å². The molecule has 0 saturated carbocycles. The summed E-state index contributed by atoms with van der Waals surface area (Å²) in [7, 11) is -1.05. The Bertz CT molecular complexity index is 793. The van der Waals surface area contributed by atoms with Crippen LogP contribution in [0, 0.1) is 0 Å². The zero-order chi connectivity index (χ0) is 20.2. The fourth-order valence-electron chi connectivity index (χ4n) is 2.57. The third-order valence-corrected chi connectivity index (χ3v) is 8.63. The second-order valence-corrected chi connectivity index (χ2v) is 13.2. The van der Waals surface area contributed by atoms with Crippen LogP contribution in [-0.4, -0.2) is 29.5 Å². The van der Waals surface area contributed by atoms with E-state index >= 15 is 0 Å². The molecule has 0 bridgehead atoms. The standard InChI is InChI=1S/C22H29ClO2SSe/c1-21(2,3)25-18(16-11-7-8-12-17(16)23)15-27-20-14-10-9-13-19(20)26(24)22(4,5)6/h7-14,18H,15H2,1-6H3. The zero-order valence-corrected chi connectivity index (χ0v) is 20.2. The van der Waals surface area contributed by atoms with Crippen molar-refractivity contribution in [2.24, 2.45) is 0 Å². The van der Waals surface area contributed by atoms with Gasteiger partial charge in [-0.2, -0.15) is 0 Å². The molecule has 2 aromatic rings. The van der Waals surface area contributed by atoms with Gasteiger partial charge in [0.25, 0.3) is 0 Å². The molecule has 2 rings (SSSR count). The van der Waals surface area contributed by atoms with Crippen molar-refractivity contribution in [3.8, 4) is 0 Å². The Morgan fingerprint density at radius 2 is 1.59 bits per heavy atom. The third kappa shape index (κ3) is 6.73. The van der Waals surface area contributed by atoms with Gasteiger partial charge < -0.3 is 0 Å². The number of ether oxygens (including phenoxy) is 1. The fraction of sp³-hybridized carbons (Fsp3) is 0.455. The number of hydrogen-bond acceptors (Lipinski definition) is 2. The first kappa shape index (κ1) is 22.6. The van der Waals surface area contributed by atoms with Gasteiger partial charge in [-0.3, -0.25) is 0 Å². The Hall–Kier alpha value is -0.641. The van der Waals surface area contributed by atoms with Crippen molar-refractivity contribution in [2.75, 3.05) is 0 Å². The first-order valence-electron chi connectivity index (χ1n) is 9.05. The molecule has 5 heteroatoms. The van der Waals surface area contributed by atoms with Crippen molar-refractivity contribution in [1.82, 2.24) is 0 Å². The number of benzene rings is 2. The van der Waals surface area contributed by atoms with Crippen LogP contribution in [0.4, 0.5) is 0 Å². The molecule has 0 spiro atoms. The summed E-state index contributed by atoms with van der Waals surface area (Å²) in [4.78, 5) is 0.943. The van der Waals surface area contributed by atoms with E-state index in [1.807, 2.05) is 63.2 Å². The summed E-state index contributed by atoms with van der Waals surface area (Å²) < 4.78 is 20.2. The van der Waals surface area contributed by atoms with E-state index in [0.29, 0.717) is 0 Å². The van der Waals surface area contributed by atoms with Gasteiger partial charge in [-0.1, -0.05) is 0 Å². The SMILES string of the molecule is CC(C)(C)OC(C[Se]c1ccccc1S(=O)C(C)(C)C)c1ccccc1Cl. The predicted octanol–water partition coefficient (Wildman–Crippen LogP) is 5.55. The van der Waals surface area contributed by atoms with Crippen molar-refractivity contribution < 1.29 is 8.95 Å². The van der Waals surface area contributed by atoms with Gasteiger partial charge in [0, 0.05) is 0 Å². The number of rotatable bonds is 6. The molecular formula is C22H29ClO2SSe. The van der Waals surface area contributed by atoms with Crippen molar-refractivity contribution in [1.29, 1.82) is 0 Å². The fourth-order valence-corrected chi connectivity index (χ4v) is 6.74. The van der Waals surface area contributed by atoms with Crippen molar-refractivity contribution in [3.05, 3.63) is 59.1 Å². The van der Waals surface area contributed by atoms with E-state index in [1.165, 1.54) is 4.46 Å². The summed E-state index contributed by atoms with van der Waals surface area (Å²) in [5, 5.41) is 1.57. The van der Waals surface area contributed by atoms with Gasteiger partial charge in [-0.15, -0.1) is 0 Å². The van der Waals surface area contributed by atoms with Gasteiger partial charge in [0.1, 0.15) is 0 Å². The van der Waals surface area contributed by atoms with E-state index in [2.05, 4.69) is 26.8 Å². The van der Waals surface area contributed by atoms with E-state index in [9.17, 15) is 4.21 Å². The molecule has 2 unspecified atom stereocenters. The summed E-state index contributed by atoms with van der Waals surface area (Å²) in [6.07, 6.45) is -0.0881. The van der Waals surface area contributed by atoms with Gasteiger partial charge in [0.2, 0.25) is 0 Å². The molecule has 0 aliphatic carbocycles. The zero-order valence-electron chi connectivity index (χ0n) is 16.9. The van der Waals surface area contributed by atoms with Gasteiger partial charge in [0.15, 0.2) is 0 Å². The number of hydrogen-bond donors (Lipinski definition) is 0. The molecule has 0 heterocycles. The molecular weight excluding hydrogens is 443 g/mol. The van der Waals surface area contributed by atoms with Gasteiger partial charge in [-0.05, 0) is 0 Å². The first-order valence-corrected chi connectivity index (χ1v) is 12.6. The quantitative estimate of drug-likeness (QED) is 0.516. The minimum absolute atomic E-state index is 0.0881. The van der Waals surface area contributed by atoms with Crippen molar-refractivity contribution in [3.63, 3.8) is 0 Å². The van der Waals surface area contributed by atoms with Crippen LogP contribution in [0.25, 0.3) is 0 Å². The summed E-state index contributed by atoms with van der Waals surface area (Å²) in [5.74, 6) is 0. The van der Waals surface area contributed by atoms with Crippen LogP contribution in [0.5, 0.6) is 0 Å². The van der Waals surface area contributed by atoms with Crippen LogP contribution in [0.2, 0.25) is 10.3 Å². The molecule has 0 aliphatic heterocycles. The Labute approximate surface area is 177 Å². The molecule has 2 aromatic carbocycles. The van der Waals surface area contributed by atoms with E-state index in [-0.39, 0.29) is 31.4 Å². The van der Waals surface area contributed by atoms with E-state index in [4.69, 9.17) is 16.3 Å². The monoisotopic (exact) mass is 472 g/mol. The Balaban J connectivity index is 2.28. The molecule has 2 nitrogen and oxygen atoms in total. The van der Waals surface area contributed by atoms with E-state index < -0.39 is 10.8 Å². The summed E-state index contributed by atoms with van der Waals surface area (Å²) in [6.45, 7) is 12.2. The Morgan fingerprint density at radius 1 is 1.00 bits per heavy atom. The maximum atomic E-state index is 13.0. The molecule has 0 radical (unpaired) electrons. The average Bonchev–Trinajstić information content (AvgIpc) is 2.57. The molecule has 0 amide bonds. The first-order chi connectivity index (χ1) is 12.5. The molecule has 0 fully saturated rings. The molecule has 27 heavy (non-hydrogen) atoms. The second kappa shape index (κ2) is 9.24. The molecule has 0 aliphatic rings. The van der Waals surface area contributed by atoms with E-state index in [0.717, 1.165) is 20.8 Å². The van der Waals surface area contributed by atoms with Crippen molar-refractivity contribution >= 4 is 41.8 Å². The average molecular weight is 472 g/mol. The number of halogens is 1. The van der Waals surface area contributed by atoms with Crippen LogP contribution in [0.3, 0.4) is 0 Å². The summed E-state index contributed by atoms with van der Waals surface area (Å²) in [5.41, 5.74) is 0.749. The molecule has 0 N–H and O–H groups in total. The van der Waals surface area contributed by atoms with E-state index in [1.54, 1.807) is 0 Å². The normalized spacial score (nSPS) is 14.8. The van der Waals surface area contributed by atoms with Crippen LogP contribution < -0.4 is 4.46 Å². The van der Waals surface area contributed by atoms with Crippen molar-refractivity contribution in [2.45, 2.75) is 68.2 Å². The molecule has 0 aromatic heterocycles. The van der Waals surface area contributed by atoms with Gasteiger partial charge in [-0.25, -0.2) is 0 Å². The van der Waals surface area contributed by atoms with Crippen LogP contribution in [0.15, 0.2) is 53.4 Å². The van der Waals surface area contributed by atoms with Gasteiger partial charge in [0.05, 0.1) is 0 Å². The molecule has 2 atom stereocenters. The van der Waals surface area contributed by atoms with Crippen LogP contribution in [-0.2, 0) is 15.5 Å². The predicted molar refractivity (Wildman–Crippen MR) is 118 cm³/mol.